The quantitative estimate of drug-likeness (QED) is 0.391. The molecule has 1 fully saturated rings. The van der Waals surface area contributed by atoms with Crippen molar-refractivity contribution in [3.63, 3.8) is 0 Å². The molecule has 3 aromatic carbocycles. The number of carbonyl (C=O) groups is 3. The molecule has 36 heavy (non-hydrogen) atoms. The number of anilines is 2. The molecule has 5 rings (SSSR count). The Hall–Kier alpha value is -4.72. The second-order valence-electron chi connectivity index (χ2n) is 8.60. The Morgan fingerprint density at radius 2 is 1.64 bits per heavy atom. The fourth-order valence-corrected chi connectivity index (χ4v) is 4.47. The van der Waals surface area contributed by atoms with Gasteiger partial charge in [0.1, 0.15) is 11.8 Å². The summed E-state index contributed by atoms with van der Waals surface area (Å²) in [7, 11) is 0. The van der Waals surface area contributed by atoms with Crippen molar-refractivity contribution in [3.05, 3.63) is 96.3 Å². The predicted octanol–water partition coefficient (Wildman–Crippen LogP) is 4.44. The molecule has 3 N–H and O–H groups in total. The van der Waals surface area contributed by atoms with Gasteiger partial charge in [0, 0.05) is 41.3 Å². The number of fused-ring (bicyclic) bond motifs is 1. The van der Waals surface area contributed by atoms with Crippen molar-refractivity contribution in [2.75, 3.05) is 17.2 Å². The molecule has 1 unspecified atom stereocenters. The summed E-state index contributed by atoms with van der Waals surface area (Å²) in [5, 5.41) is 17.8. The number of phenols is 1. The van der Waals surface area contributed by atoms with Gasteiger partial charge in [0.25, 0.3) is 11.8 Å². The zero-order valence-corrected chi connectivity index (χ0v) is 19.3. The second-order valence-corrected chi connectivity index (χ2v) is 8.60. The van der Waals surface area contributed by atoms with Crippen LogP contribution in [0.4, 0.5) is 11.4 Å². The van der Waals surface area contributed by atoms with Gasteiger partial charge in [0.05, 0.1) is 5.56 Å². The molecular weight excluding hydrogens is 456 g/mol. The molecule has 1 aliphatic rings. The topological polar surface area (TPSA) is 112 Å². The van der Waals surface area contributed by atoms with Crippen LogP contribution in [0.3, 0.4) is 0 Å². The number of hydrogen-bond donors (Lipinski definition) is 3. The Bertz CT molecular complexity index is 1450. The molecule has 8 nitrogen and oxygen atoms in total. The van der Waals surface area contributed by atoms with E-state index in [1.807, 2.05) is 12.1 Å². The minimum atomic E-state index is -0.668. The Morgan fingerprint density at radius 3 is 2.44 bits per heavy atom. The van der Waals surface area contributed by atoms with E-state index in [-0.39, 0.29) is 29.0 Å². The Morgan fingerprint density at radius 1 is 0.889 bits per heavy atom. The van der Waals surface area contributed by atoms with Crippen LogP contribution in [0, 0.1) is 0 Å². The average molecular weight is 481 g/mol. The first-order valence-corrected chi connectivity index (χ1v) is 11.7. The van der Waals surface area contributed by atoms with E-state index >= 15 is 0 Å². The molecule has 1 aromatic heterocycles. The van der Waals surface area contributed by atoms with Crippen molar-refractivity contribution in [2.24, 2.45) is 0 Å². The molecule has 1 atom stereocenters. The summed E-state index contributed by atoms with van der Waals surface area (Å²) >= 11 is 0. The van der Waals surface area contributed by atoms with Crippen LogP contribution in [-0.4, -0.2) is 45.3 Å². The number of pyridine rings is 1. The fraction of sp³-hybridized carbons (Fsp3) is 0.143. The third-order valence-electron chi connectivity index (χ3n) is 6.28. The van der Waals surface area contributed by atoms with Crippen LogP contribution in [0.25, 0.3) is 10.8 Å². The third kappa shape index (κ3) is 4.61. The van der Waals surface area contributed by atoms with Crippen LogP contribution in [-0.2, 0) is 4.79 Å². The zero-order valence-electron chi connectivity index (χ0n) is 19.3. The van der Waals surface area contributed by atoms with E-state index in [1.54, 1.807) is 60.7 Å². The number of aromatic hydroxyl groups is 1. The third-order valence-corrected chi connectivity index (χ3v) is 6.28. The minimum Gasteiger partial charge on any atom is -0.506 e. The highest BCUT2D eigenvalue weighted by Gasteiger charge is 2.35. The molecule has 0 aliphatic carbocycles. The van der Waals surface area contributed by atoms with Gasteiger partial charge in [-0.15, -0.1) is 0 Å². The molecule has 4 aromatic rings. The van der Waals surface area contributed by atoms with Gasteiger partial charge in [0.2, 0.25) is 5.91 Å². The average Bonchev–Trinajstić information content (AvgIpc) is 3.40. The Balaban J connectivity index is 1.30. The van der Waals surface area contributed by atoms with Crippen molar-refractivity contribution in [1.29, 1.82) is 0 Å². The standard InChI is InChI=1S/C28H24N4O4/c33-25-22-8-2-1-5-18(22)10-11-23(25)28(36)32-16-4-9-24(32)27(35)31-21-7-3-6-20(17-21)30-26(34)19-12-14-29-15-13-19/h1-3,5-8,10-15,17,24,33H,4,9,16H2,(H,30,34)(H,31,35). The van der Waals surface area contributed by atoms with Gasteiger partial charge in [0.15, 0.2) is 0 Å². The smallest absolute Gasteiger partial charge is 0.258 e. The normalized spacial score (nSPS) is 15.0. The monoisotopic (exact) mass is 480 g/mol. The van der Waals surface area contributed by atoms with E-state index < -0.39 is 6.04 Å². The largest absolute Gasteiger partial charge is 0.506 e. The molecule has 3 amide bonds. The van der Waals surface area contributed by atoms with Gasteiger partial charge < -0.3 is 20.6 Å². The number of nitrogens with zero attached hydrogens (tertiary/aromatic N) is 2. The highest BCUT2D eigenvalue weighted by Crippen LogP contribution is 2.31. The number of likely N-dealkylation sites (tertiary alicyclic amines) is 1. The number of benzene rings is 3. The maximum absolute atomic E-state index is 13.3. The summed E-state index contributed by atoms with van der Waals surface area (Å²) in [6.45, 7) is 0.422. The molecule has 1 aliphatic heterocycles. The second kappa shape index (κ2) is 9.87. The number of rotatable bonds is 5. The van der Waals surface area contributed by atoms with Gasteiger partial charge in [-0.25, -0.2) is 0 Å². The number of phenolic OH excluding ortho intramolecular Hbond substituents is 1. The van der Waals surface area contributed by atoms with Crippen molar-refractivity contribution in [3.8, 4) is 5.75 Å². The Kier molecular flexibility index (Phi) is 6.32. The maximum atomic E-state index is 13.3. The van der Waals surface area contributed by atoms with Gasteiger partial charge in [-0.3, -0.25) is 19.4 Å². The fourth-order valence-electron chi connectivity index (χ4n) is 4.47. The Labute approximate surface area is 207 Å². The lowest BCUT2D eigenvalue weighted by atomic mass is 10.0. The van der Waals surface area contributed by atoms with Crippen LogP contribution >= 0.6 is 0 Å². The number of amides is 3. The molecule has 0 radical (unpaired) electrons. The summed E-state index contributed by atoms with van der Waals surface area (Å²) < 4.78 is 0. The van der Waals surface area contributed by atoms with Gasteiger partial charge in [-0.1, -0.05) is 36.4 Å². The number of nitrogens with one attached hydrogen (secondary N) is 2. The lowest BCUT2D eigenvalue weighted by molar-refractivity contribution is -0.119. The van der Waals surface area contributed by atoms with Crippen LogP contribution in [0.15, 0.2) is 85.2 Å². The first-order chi connectivity index (χ1) is 17.5. The van der Waals surface area contributed by atoms with Crippen molar-refractivity contribution in [1.82, 2.24) is 9.88 Å². The lowest BCUT2D eigenvalue weighted by Gasteiger charge is -2.24. The maximum Gasteiger partial charge on any atom is 0.258 e. The molecule has 0 bridgehead atoms. The summed E-state index contributed by atoms with van der Waals surface area (Å²) in [6.07, 6.45) is 4.28. The number of hydrogen-bond acceptors (Lipinski definition) is 5. The highest BCUT2D eigenvalue weighted by molar-refractivity contribution is 6.07. The van der Waals surface area contributed by atoms with E-state index in [4.69, 9.17) is 0 Å². The molecule has 1 saturated heterocycles. The summed E-state index contributed by atoms with van der Waals surface area (Å²) in [4.78, 5) is 44.3. The van der Waals surface area contributed by atoms with E-state index in [0.717, 1.165) is 5.39 Å². The zero-order chi connectivity index (χ0) is 25.1. The van der Waals surface area contributed by atoms with Gasteiger partial charge >= 0.3 is 0 Å². The van der Waals surface area contributed by atoms with Crippen molar-refractivity contribution >= 4 is 39.9 Å². The van der Waals surface area contributed by atoms with Crippen LogP contribution in [0.1, 0.15) is 33.6 Å². The summed E-state index contributed by atoms with van der Waals surface area (Å²) in [6, 6.07) is 20.1. The van der Waals surface area contributed by atoms with E-state index in [1.165, 1.54) is 17.3 Å². The summed E-state index contributed by atoms with van der Waals surface area (Å²) in [5.74, 6) is -1.07. The van der Waals surface area contributed by atoms with Gasteiger partial charge in [-0.2, -0.15) is 0 Å². The number of carbonyl (C=O) groups excluding carboxylic acids is 3. The minimum absolute atomic E-state index is 0.0817. The van der Waals surface area contributed by atoms with E-state index in [0.29, 0.717) is 41.7 Å². The molecule has 180 valence electrons. The van der Waals surface area contributed by atoms with E-state index in [2.05, 4.69) is 15.6 Å². The SMILES string of the molecule is O=C(Nc1cccc(NC(=O)C2CCCN2C(=O)c2ccc3ccccc3c2O)c1)c1ccncc1. The van der Waals surface area contributed by atoms with Crippen LogP contribution in [0.2, 0.25) is 0 Å². The molecule has 0 spiro atoms. The molecular formula is C28H24N4O4. The van der Waals surface area contributed by atoms with Crippen LogP contribution in [0.5, 0.6) is 5.75 Å². The first-order valence-electron chi connectivity index (χ1n) is 11.7. The number of aromatic nitrogens is 1. The van der Waals surface area contributed by atoms with Crippen molar-refractivity contribution < 1.29 is 19.5 Å². The predicted molar refractivity (Wildman–Crippen MR) is 137 cm³/mol. The van der Waals surface area contributed by atoms with Crippen molar-refractivity contribution in [2.45, 2.75) is 18.9 Å². The summed E-state index contributed by atoms with van der Waals surface area (Å²) in [5.41, 5.74) is 1.67. The molecule has 0 saturated carbocycles. The highest BCUT2D eigenvalue weighted by atomic mass is 16.3. The lowest BCUT2D eigenvalue weighted by Crippen LogP contribution is -2.43. The van der Waals surface area contributed by atoms with Gasteiger partial charge in [-0.05, 0) is 54.6 Å². The first kappa shape index (κ1) is 23.0. The van der Waals surface area contributed by atoms with E-state index in [9.17, 15) is 19.5 Å². The molecule has 2 heterocycles. The molecule has 8 heteroatoms. The van der Waals surface area contributed by atoms with Crippen LogP contribution < -0.4 is 10.6 Å².